The highest BCUT2D eigenvalue weighted by Gasteiger charge is 2.19. The molecule has 2 N–H and O–H groups in total. The number of ether oxygens (including phenoxy) is 2. The Bertz CT molecular complexity index is 462. The molecule has 2 rings (SSSR count). The van der Waals surface area contributed by atoms with Crippen LogP contribution in [0.3, 0.4) is 0 Å². The van der Waals surface area contributed by atoms with Crippen LogP contribution in [0.15, 0.2) is 0 Å². The number of morpholine rings is 1. The van der Waals surface area contributed by atoms with Gasteiger partial charge in [-0.2, -0.15) is 15.0 Å². The van der Waals surface area contributed by atoms with Crippen molar-refractivity contribution in [1.82, 2.24) is 15.0 Å². The first-order valence-electron chi connectivity index (χ1n) is 7.09. The van der Waals surface area contributed by atoms with Crippen molar-refractivity contribution < 1.29 is 9.47 Å². The molecule has 1 saturated heterocycles. The van der Waals surface area contributed by atoms with E-state index in [2.05, 4.69) is 30.5 Å². The zero-order chi connectivity index (χ0) is 15.3. The Hall–Kier alpha value is -1.67. The summed E-state index contributed by atoms with van der Waals surface area (Å²) in [7, 11) is 3.48. The van der Waals surface area contributed by atoms with E-state index in [4.69, 9.17) is 9.47 Å². The summed E-state index contributed by atoms with van der Waals surface area (Å²) in [4.78, 5) is 15.3. The molecule has 1 fully saturated rings. The van der Waals surface area contributed by atoms with Crippen LogP contribution < -0.4 is 15.5 Å². The second-order valence-electron chi connectivity index (χ2n) is 5.45. The van der Waals surface area contributed by atoms with Crippen LogP contribution in [-0.4, -0.2) is 67.6 Å². The number of anilines is 3. The van der Waals surface area contributed by atoms with Crippen molar-refractivity contribution in [3.8, 4) is 0 Å². The Labute approximate surface area is 125 Å². The number of aromatic nitrogens is 3. The molecular weight excluding hydrogens is 272 g/mol. The molecule has 0 amide bonds. The highest BCUT2D eigenvalue weighted by atomic mass is 16.5. The van der Waals surface area contributed by atoms with Gasteiger partial charge < -0.3 is 25.0 Å². The predicted octanol–water partition coefficient (Wildman–Crippen LogP) is 0.587. The molecule has 1 aliphatic heterocycles. The molecular formula is C13H24N6O2. The van der Waals surface area contributed by atoms with E-state index in [0.29, 0.717) is 37.6 Å². The first-order valence-corrected chi connectivity index (χ1v) is 7.09. The SMILES string of the molecule is CNc1nc(NCC(C)(C)OC)nc(N2CCOCC2)n1. The molecule has 1 aliphatic rings. The van der Waals surface area contributed by atoms with Crippen LogP contribution in [-0.2, 0) is 9.47 Å². The summed E-state index contributed by atoms with van der Waals surface area (Å²) in [5.74, 6) is 1.75. The van der Waals surface area contributed by atoms with E-state index in [9.17, 15) is 0 Å². The van der Waals surface area contributed by atoms with Gasteiger partial charge in [0.05, 0.1) is 18.8 Å². The topological polar surface area (TPSA) is 84.4 Å². The van der Waals surface area contributed by atoms with Crippen LogP contribution in [0.1, 0.15) is 13.8 Å². The normalized spacial score (nSPS) is 15.9. The largest absolute Gasteiger partial charge is 0.378 e. The third-order valence-electron chi connectivity index (χ3n) is 3.37. The Morgan fingerprint density at radius 2 is 1.86 bits per heavy atom. The lowest BCUT2D eigenvalue weighted by Crippen LogP contribution is -2.38. The Morgan fingerprint density at radius 1 is 1.19 bits per heavy atom. The number of hydrogen-bond donors (Lipinski definition) is 2. The smallest absolute Gasteiger partial charge is 0.232 e. The van der Waals surface area contributed by atoms with Crippen LogP contribution in [0.2, 0.25) is 0 Å². The molecule has 1 aromatic rings. The number of rotatable bonds is 6. The second kappa shape index (κ2) is 6.86. The number of hydrogen-bond acceptors (Lipinski definition) is 8. The molecule has 0 aliphatic carbocycles. The average molecular weight is 296 g/mol. The molecule has 8 nitrogen and oxygen atoms in total. The van der Waals surface area contributed by atoms with Crippen LogP contribution in [0.25, 0.3) is 0 Å². The molecule has 0 bridgehead atoms. The lowest BCUT2D eigenvalue weighted by atomic mass is 10.1. The van der Waals surface area contributed by atoms with Crippen molar-refractivity contribution >= 4 is 17.8 Å². The van der Waals surface area contributed by atoms with Gasteiger partial charge in [0.2, 0.25) is 17.8 Å². The number of nitrogens with zero attached hydrogens (tertiary/aromatic N) is 4. The summed E-state index contributed by atoms with van der Waals surface area (Å²) in [6.45, 7) is 7.58. The minimum atomic E-state index is -0.286. The average Bonchev–Trinajstić information content (AvgIpc) is 2.53. The Balaban J connectivity index is 2.13. The van der Waals surface area contributed by atoms with E-state index in [0.717, 1.165) is 13.1 Å². The number of methoxy groups -OCH3 is 1. The van der Waals surface area contributed by atoms with Crippen molar-refractivity contribution in [3.63, 3.8) is 0 Å². The molecule has 21 heavy (non-hydrogen) atoms. The molecule has 8 heteroatoms. The first-order chi connectivity index (χ1) is 10.0. The maximum Gasteiger partial charge on any atom is 0.232 e. The lowest BCUT2D eigenvalue weighted by molar-refractivity contribution is 0.0342. The minimum absolute atomic E-state index is 0.286. The van der Waals surface area contributed by atoms with Crippen LogP contribution in [0.4, 0.5) is 17.8 Å². The molecule has 1 aromatic heterocycles. The van der Waals surface area contributed by atoms with Gasteiger partial charge in [0.1, 0.15) is 0 Å². The molecule has 0 radical (unpaired) electrons. The van der Waals surface area contributed by atoms with E-state index in [1.54, 1.807) is 14.2 Å². The minimum Gasteiger partial charge on any atom is -0.378 e. The Morgan fingerprint density at radius 3 is 2.48 bits per heavy atom. The van der Waals surface area contributed by atoms with Crippen LogP contribution in [0.5, 0.6) is 0 Å². The van der Waals surface area contributed by atoms with Gasteiger partial charge in [-0.25, -0.2) is 0 Å². The van der Waals surface area contributed by atoms with Crippen molar-refractivity contribution in [2.24, 2.45) is 0 Å². The van der Waals surface area contributed by atoms with Crippen molar-refractivity contribution in [2.45, 2.75) is 19.4 Å². The monoisotopic (exact) mass is 296 g/mol. The van der Waals surface area contributed by atoms with E-state index in [1.807, 2.05) is 13.8 Å². The molecule has 0 unspecified atom stereocenters. The first kappa shape index (κ1) is 15.7. The standard InChI is InChI=1S/C13H24N6O2/c1-13(2,20-4)9-15-11-16-10(14-3)17-12(18-11)19-5-7-21-8-6-19/h5-9H2,1-4H3,(H2,14,15,16,17,18). The summed E-state index contributed by atoms with van der Waals surface area (Å²) in [6, 6.07) is 0. The summed E-state index contributed by atoms with van der Waals surface area (Å²) in [5.41, 5.74) is -0.286. The van der Waals surface area contributed by atoms with E-state index in [1.165, 1.54) is 0 Å². The van der Waals surface area contributed by atoms with Crippen molar-refractivity contribution in [1.29, 1.82) is 0 Å². The fourth-order valence-corrected chi connectivity index (χ4v) is 1.82. The quantitative estimate of drug-likeness (QED) is 0.789. The van der Waals surface area contributed by atoms with Crippen molar-refractivity contribution in [2.75, 3.05) is 62.5 Å². The summed E-state index contributed by atoms with van der Waals surface area (Å²) in [5, 5.41) is 6.17. The summed E-state index contributed by atoms with van der Waals surface area (Å²) in [6.07, 6.45) is 0. The second-order valence-corrected chi connectivity index (χ2v) is 5.45. The predicted molar refractivity (Wildman–Crippen MR) is 82.0 cm³/mol. The van der Waals surface area contributed by atoms with Crippen LogP contribution >= 0.6 is 0 Å². The van der Waals surface area contributed by atoms with Gasteiger partial charge in [-0.15, -0.1) is 0 Å². The van der Waals surface area contributed by atoms with E-state index < -0.39 is 0 Å². The number of nitrogens with one attached hydrogen (secondary N) is 2. The molecule has 0 aromatic carbocycles. The zero-order valence-corrected chi connectivity index (χ0v) is 13.1. The van der Waals surface area contributed by atoms with Crippen molar-refractivity contribution in [3.05, 3.63) is 0 Å². The summed E-state index contributed by atoms with van der Waals surface area (Å²) >= 11 is 0. The fraction of sp³-hybridized carbons (Fsp3) is 0.769. The van der Waals surface area contributed by atoms with Gasteiger partial charge in [0.25, 0.3) is 0 Å². The van der Waals surface area contributed by atoms with Gasteiger partial charge in [-0.3, -0.25) is 0 Å². The van der Waals surface area contributed by atoms with Gasteiger partial charge in [0.15, 0.2) is 0 Å². The third-order valence-corrected chi connectivity index (χ3v) is 3.37. The molecule has 118 valence electrons. The van der Waals surface area contributed by atoms with Gasteiger partial charge in [-0.05, 0) is 13.8 Å². The maximum atomic E-state index is 5.39. The maximum absolute atomic E-state index is 5.39. The molecule has 0 atom stereocenters. The third kappa shape index (κ3) is 4.40. The lowest BCUT2D eigenvalue weighted by Gasteiger charge is -2.27. The van der Waals surface area contributed by atoms with Gasteiger partial charge >= 0.3 is 0 Å². The highest BCUT2D eigenvalue weighted by Crippen LogP contribution is 2.16. The zero-order valence-electron chi connectivity index (χ0n) is 13.1. The van der Waals surface area contributed by atoms with Gasteiger partial charge in [0, 0.05) is 33.8 Å². The molecule has 2 heterocycles. The van der Waals surface area contributed by atoms with E-state index >= 15 is 0 Å². The van der Waals surface area contributed by atoms with Gasteiger partial charge in [-0.1, -0.05) is 0 Å². The van der Waals surface area contributed by atoms with Crippen LogP contribution in [0, 0.1) is 0 Å². The molecule has 0 spiro atoms. The fourth-order valence-electron chi connectivity index (χ4n) is 1.82. The van der Waals surface area contributed by atoms with E-state index in [-0.39, 0.29) is 5.60 Å². The highest BCUT2D eigenvalue weighted by molar-refractivity contribution is 5.43. The molecule has 0 saturated carbocycles. The Kier molecular flexibility index (Phi) is 5.13. The summed E-state index contributed by atoms with van der Waals surface area (Å²) < 4.78 is 10.7.